The van der Waals surface area contributed by atoms with Crippen molar-refractivity contribution in [1.29, 1.82) is 0 Å². The van der Waals surface area contributed by atoms with Crippen LogP contribution in [0.4, 0.5) is 5.82 Å². The Kier molecular flexibility index (Phi) is 6.44. The molecular weight excluding hydrogens is 445 g/mol. The van der Waals surface area contributed by atoms with Gasteiger partial charge in [-0.25, -0.2) is 15.0 Å². The molecule has 1 saturated carbocycles. The van der Waals surface area contributed by atoms with Crippen LogP contribution in [-0.2, 0) is 6.61 Å². The summed E-state index contributed by atoms with van der Waals surface area (Å²) in [5, 5.41) is 21.3. The van der Waals surface area contributed by atoms with Crippen molar-refractivity contribution in [3.8, 4) is 0 Å². The molecule has 4 rings (SSSR count). The lowest BCUT2D eigenvalue weighted by atomic mass is 9.74. The third-order valence-corrected chi connectivity index (χ3v) is 8.28. The summed E-state index contributed by atoms with van der Waals surface area (Å²) in [4.78, 5) is 16.3. The minimum absolute atomic E-state index is 0.00488. The molecule has 7 nitrogen and oxygen atoms in total. The van der Waals surface area contributed by atoms with E-state index in [1.807, 2.05) is 6.92 Å². The Balaban J connectivity index is 1.55. The Morgan fingerprint density at radius 3 is 2.67 bits per heavy atom. The van der Waals surface area contributed by atoms with Gasteiger partial charge >= 0.3 is 0 Å². The van der Waals surface area contributed by atoms with Crippen LogP contribution in [0.1, 0.15) is 37.1 Å². The topological polar surface area (TPSA) is 108 Å². The number of halogens is 2. The predicted molar refractivity (Wildman–Crippen MR) is 118 cm³/mol. The van der Waals surface area contributed by atoms with Gasteiger partial charge in [0.2, 0.25) is 0 Å². The Bertz CT molecular complexity index is 940. The van der Waals surface area contributed by atoms with Gasteiger partial charge in [-0.05, 0) is 44.1 Å². The van der Waals surface area contributed by atoms with Crippen LogP contribution in [0.3, 0.4) is 0 Å². The van der Waals surface area contributed by atoms with Crippen LogP contribution in [0.15, 0.2) is 22.2 Å². The van der Waals surface area contributed by atoms with E-state index < -0.39 is 0 Å². The first-order valence-corrected chi connectivity index (χ1v) is 11.5. The zero-order valence-electron chi connectivity index (χ0n) is 16.7. The van der Waals surface area contributed by atoms with E-state index in [0.29, 0.717) is 28.0 Å². The van der Waals surface area contributed by atoms with Crippen LogP contribution in [0.25, 0.3) is 0 Å². The molecule has 10 heteroatoms. The Hall–Kier alpha value is -1.16. The molecule has 2 aromatic rings. The molecule has 0 unspecified atom stereocenters. The SMILES string of the molecule is Cc1nc(N2CCC3(CC2)C[C@H](O)C[C@H]3N)c(CO)nc1Sc1ccnc(Cl)c1Cl. The lowest BCUT2D eigenvalue weighted by Crippen LogP contribution is -2.47. The van der Waals surface area contributed by atoms with Crippen LogP contribution in [-0.4, -0.2) is 50.4 Å². The molecule has 30 heavy (non-hydrogen) atoms. The molecule has 0 amide bonds. The van der Waals surface area contributed by atoms with Gasteiger partial charge in [-0.15, -0.1) is 0 Å². The highest BCUT2D eigenvalue weighted by Gasteiger charge is 2.46. The lowest BCUT2D eigenvalue weighted by molar-refractivity contribution is 0.141. The quantitative estimate of drug-likeness (QED) is 0.585. The second kappa shape index (κ2) is 8.76. The van der Waals surface area contributed by atoms with E-state index in [2.05, 4.69) is 14.9 Å². The highest BCUT2D eigenvalue weighted by molar-refractivity contribution is 7.99. The molecule has 0 radical (unpaired) electrons. The second-order valence-corrected chi connectivity index (χ2v) is 9.87. The number of pyridine rings is 1. The number of piperidine rings is 1. The maximum Gasteiger partial charge on any atom is 0.153 e. The van der Waals surface area contributed by atoms with Crippen molar-refractivity contribution < 1.29 is 10.2 Å². The van der Waals surface area contributed by atoms with Crippen molar-refractivity contribution in [1.82, 2.24) is 15.0 Å². The predicted octanol–water partition coefficient (Wildman–Crippen LogP) is 3.20. The summed E-state index contributed by atoms with van der Waals surface area (Å²) < 4.78 is 0. The Morgan fingerprint density at radius 2 is 2.03 bits per heavy atom. The number of nitrogens with two attached hydrogens (primary N) is 1. The summed E-state index contributed by atoms with van der Waals surface area (Å²) in [7, 11) is 0. The molecule has 2 aromatic heterocycles. The normalized spacial score (nSPS) is 23.3. The van der Waals surface area contributed by atoms with Crippen molar-refractivity contribution in [2.24, 2.45) is 11.1 Å². The van der Waals surface area contributed by atoms with Crippen molar-refractivity contribution in [2.75, 3.05) is 18.0 Å². The number of aromatic nitrogens is 3. The minimum atomic E-state index is -0.300. The van der Waals surface area contributed by atoms with E-state index in [4.69, 9.17) is 33.9 Å². The van der Waals surface area contributed by atoms with Crippen molar-refractivity contribution in [3.05, 3.63) is 33.8 Å². The van der Waals surface area contributed by atoms with Crippen molar-refractivity contribution in [2.45, 2.75) is 61.3 Å². The van der Waals surface area contributed by atoms with Gasteiger partial charge < -0.3 is 20.8 Å². The summed E-state index contributed by atoms with van der Waals surface area (Å²) in [6, 6.07) is 1.81. The van der Waals surface area contributed by atoms with E-state index in [0.717, 1.165) is 42.9 Å². The zero-order valence-corrected chi connectivity index (χ0v) is 19.0. The van der Waals surface area contributed by atoms with Crippen LogP contribution in [0, 0.1) is 12.3 Å². The third-order valence-electron chi connectivity index (χ3n) is 6.26. The number of aryl methyl sites for hydroxylation is 1. The number of rotatable bonds is 4. The molecule has 2 fully saturated rings. The van der Waals surface area contributed by atoms with Crippen molar-refractivity contribution >= 4 is 40.8 Å². The fraction of sp³-hybridized carbons (Fsp3) is 0.550. The average Bonchev–Trinajstić information content (AvgIpc) is 2.99. The van der Waals surface area contributed by atoms with Gasteiger partial charge in [0.25, 0.3) is 0 Å². The van der Waals surface area contributed by atoms with E-state index >= 15 is 0 Å². The summed E-state index contributed by atoms with van der Waals surface area (Å²) in [5.41, 5.74) is 7.63. The smallest absolute Gasteiger partial charge is 0.153 e. The number of aliphatic hydroxyl groups is 2. The molecule has 0 aromatic carbocycles. The molecule has 1 spiro atoms. The molecule has 0 bridgehead atoms. The average molecular weight is 470 g/mol. The molecular formula is C20H25Cl2N5O2S. The first-order chi connectivity index (χ1) is 14.3. The third kappa shape index (κ3) is 4.13. The number of anilines is 1. The molecule has 1 aliphatic heterocycles. The minimum Gasteiger partial charge on any atom is -0.393 e. The fourth-order valence-corrected chi connectivity index (χ4v) is 5.87. The van der Waals surface area contributed by atoms with Crippen LogP contribution >= 0.6 is 35.0 Å². The van der Waals surface area contributed by atoms with E-state index in [9.17, 15) is 10.2 Å². The molecule has 162 valence electrons. The van der Waals surface area contributed by atoms with Gasteiger partial charge in [0.1, 0.15) is 15.9 Å². The van der Waals surface area contributed by atoms with Crippen LogP contribution < -0.4 is 10.6 Å². The number of hydrogen-bond acceptors (Lipinski definition) is 8. The molecule has 3 heterocycles. The highest BCUT2D eigenvalue weighted by Crippen LogP contribution is 2.46. The first-order valence-electron chi connectivity index (χ1n) is 9.98. The second-order valence-electron chi connectivity index (χ2n) is 8.11. The summed E-state index contributed by atoms with van der Waals surface area (Å²) in [6.45, 7) is 3.24. The maximum absolute atomic E-state index is 10.0. The monoisotopic (exact) mass is 469 g/mol. The van der Waals surface area contributed by atoms with Crippen molar-refractivity contribution in [3.63, 3.8) is 0 Å². The van der Waals surface area contributed by atoms with Crippen LogP contribution in [0.5, 0.6) is 0 Å². The Labute approximate surface area is 190 Å². The van der Waals surface area contributed by atoms with Gasteiger partial charge in [0, 0.05) is 30.2 Å². The van der Waals surface area contributed by atoms with E-state index in [1.165, 1.54) is 11.8 Å². The number of aliphatic hydroxyl groups excluding tert-OH is 2. The fourth-order valence-electron chi connectivity index (χ4n) is 4.55. The van der Waals surface area contributed by atoms with Gasteiger partial charge in [0.15, 0.2) is 5.82 Å². The standard InChI is InChI=1S/C20H25Cl2N5O2S/c1-11-19(30-14-2-5-24-17(22)16(14)21)26-13(10-28)18(25-11)27-6-3-20(4-7-27)9-12(29)8-15(20)23/h2,5,12,15,28-29H,3-4,6-10,23H2,1H3/t12-,15-/m1/s1. The summed E-state index contributed by atoms with van der Waals surface area (Å²) >= 11 is 13.6. The van der Waals surface area contributed by atoms with Gasteiger partial charge in [-0.2, -0.15) is 0 Å². The molecule has 2 atom stereocenters. The summed E-state index contributed by atoms with van der Waals surface area (Å²) in [5.74, 6) is 0.708. The molecule has 2 aliphatic rings. The first kappa shape index (κ1) is 22.0. The maximum atomic E-state index is 10.0. The Morgan fingerprint density at radius 1 is 1.30 bits per heavy atom. The lowest BCUT2D eigenvalue weighted by Gasteiger charge is -2.42. The highest BCUT2D eigenvalue weighted by atomic mass is 35.5. The molecule has 1 aliphatic carbocycles. The molecule has 1 saturated heterocycles. The number of nitrogens with zero attached hydrogens (tertiary/aromatic N) is 4. The molecule has 4 N–H and O–H groups in total. The van der Waals surface area contributed by atoms with E-state index in [1.54, 1.807) is 12.3 Å². The summed E-state index contributed by atoms with van der Waals surface area (Å²) in [6.07, 6.45) is 4.54. The zero-order chi connectivity index (χ0) is 21.5. The largest absolute Gasteiger partial charge is 0.393 e. The van der Waals surface area contributed by atoms with Gasteiger partial charge in [0.05, 0.1) is 23.4 Å². The van der Waals surface area contributed by atoms with Crippen LogP contribution in [0.2, 0.25) is 10.2 Å². The van der Waals surface area contributed by atoms with E-state index in [-0.39, 0.29) is 29.3 Å². The van der Waals surface area contributed by atoms with Gasteiger partial charge in [-0.3, -0.25) is 0 Å². The number of hydrogen-bond donors (Lipinski definition) is 3. The van der Waals surface area contributed by atoms with Gasteiger partial charge in [-0.1, -0.05) is 35.0 Å².